The number of benzene rings is 1. The minimum absolute atomic E-state index is 0. The van der Waals surface area contributed by atoms with Gasteiger partial charge in [0.15, 0.2) is 0 Å². The first-order valence-electron chi connectivity index (χ1n) is 4.77. The molecule has 1 rings (SSSR count). The summed E-state index contributed by atoms with van der Waals surface area (Å²) in [5.41, 5.74) is 0.735. The van der Waals surface area contributed by atoms with Crippen LogP contribution in [0.3, 0.4) is 0 Å². The van der Waals surface area contributed by atoms with E-state index < -0.39 is 12.0 Å². The van der Waals surface area contributed by atoms with Crippen LogP contribution in [0.25, 0.3) is 0 Å². The molecular formula is C11H15NO5. The Morgan fingerprint density at radius 1 is 1.29 bits per heavy atom. The molecule has 0 aliphatic carbocycles. The van der Waals surface area contributed by atoms with E-state index >= 15 is 0 Å². The SMILES string of the molecule is CC(=O)N[C@@H](Cc1ccc(O)cc1)C(=O)O.O. The lowest BCUT2D eigenvalue weighted by molar-refractivity contribution is -0.141. The number of aliphatic carboxylic acids is 1. The maximum absolute atomic E-state index is 10.8. The molecule has 0 radical (unpaired) electrons. The summed E-state index contributed by atoms with van der Waals surface area (Å²) >= 11 is 0. The van der Waals surface area contributed by atoms with E-state index in [-0.39, 0.29) is 23.6 Å². The predicted octanol–water partition coefficient (Wildman–Crippen LogP) is -0.301. The molecule has 0 aliphatic heterocycles. The fraction of sp³-hybridized carbons (Fsp3) is 0.273. The van der Waals surface area contributed by atoms with E-state index in [0.717, 1.165) is 5.56 Å². The summed E-state index contributed by atoms with van der Waals surface area (Å²) in [5.74, 6) is -1.34. The average Bonchev–Trinajstić information content (AvgIpc) is 2.19. The van der Waals surface area contributed by atoms with Gasteiger partial charge in [0.25, 0.3) is 0 Å². The van der Waals surface area contributed by atoms with Gasteiger partial charge in [0, 0.05) is 13.3 Å². The van der Waals surface area contributed by atoms with Crippen molar-refractivity contribution in [2.75, 3.05) is 0 Å². The maximum Gasteiger partial charge on any atom is 0.326 e. The highest BCUT2D eigenvalue weighted by Gasteiger charge is 2.18. The topological polar surface area (TPSA) is 118 Å². The second kappa shape index (κ2) is 6.49. The Hall–Kier alpha value is -2.08. The number of carbonyl (C=O) groups excluding carboxylic acids is 1. The van der Waals surface area contributed by atoms with Gasteiger partial charge >= 0.3 is 5.97 Å². The number of amides is 1. The van der Waals surface area contributed by atoms with Crippen LogP contribution in [0.15, 0.2) is 24.3 Å². The summed E-state index contributed by atoms with van der Waals surface area (Å²) in [6.07, 6.45) is 0.190. The number of carbonyl (C=O) groups is 2. The van der Waals surface area contributed by atoms with E-state index in [2.05, 4.69) is 5.32 Å². The van der Waals surface area contributed by atoms with E-state index in [1.54, 1.807) is 12.1 Å². The second-order valence-corrected chi connectivity index (χ2v) is 3.46. The number of rotatable bonds is 4. The molecule has 6 nitrogen and oxygen atoms in total. The zero-order chi connectivity index (χ0) is 12.1. The first-order valence-corrected chi connectivity index (χ1v) is 4.77. The zero-order valence-corrected chi connectivity index (χ0v) is 9.30. The van der Waals surface area contributed by atoms with Crippen LogP contribution in [0.5, 0.6) is 5.75 Å². The molecule has 0 saturated carbocycles. The zero-order valence-electron chi connectivity index (χ0n) is 9.30. The highest BCUT2D eigenvalue weighted by Crippen LogP contribution is 2.11. The first-order chi connectivity index (χ1) is 7.49. The van der Waals surface area contributed by atoms with Gasteiger partial charge in [-0.05, 0) is 17.7 Å². The number of carboxylic acid groups (broad SMARTS) is 1. The molecule has 5 N–H and O–H groups in total. The largest absolute Gasteiger partial charge is 0.508 e. The van der Waals surface area contributed by atoms with Crippen LogP contribution in [-0.4, -0.2) is 33.6 Å². The molecule has 1 atom stereocenters. The van der Waals surface area contributed by atoms with Crippen molar-refractivity contribution in [3.63, 3.8) is 0 Å². The molecule has 1 aromatic rings. The fourth-order valence-electron chi connectivity index (χ4n) is 1.31. The van der Waals surface area contributed by atoms with Gasteiger partial charge in [0.2, 0.25) is 5.91 Å². The molecule has 1 aromatic carbocycles. The quantitative estimate of drug-likeness (QED) is 0.670. The highest BCUT2D eigenvalue weighted by molar-refractivity contribution is 5.82. The highest BCUT2D eigenvalue weighted by atomic mass is 16.4. The molecule has 0 spiro atoms. The van der Waals surface area contributed by atoms with Crippen molar-refractivity contribution < 1.29 is 25.3 Å². The fourth-order valence-corrected chi connectivity index (χ4v) is 1.31. The van der Waals surface area contributed by atoms with Crippen molar-refractivity contribution >= 4 is 11.9 Å². The van der Waals surface area contributed by atoms with Crippen LogP contribution >= 0.6 is 0 Å². The Morgan fingerprint density at radius 3 is 2.24 bits per heavy atom. The van der Waals surface area contributed by atoms with Crippen molar-refractivity contribution in [2.24, 2.45) is 0 Å². The van der Waals surface area contributed by atoms with Crippen LogP contribution in [0, 0.1) is 0 Å². The Balaban J connectivity index is 0.00000256. The van der Waals surface area contributed by atoms with E-state index in [1.165, 1.54) is 19.1 Å². The molecule has 6 heteroatoms. The Labute approximate surface area is 98.2 Å². The summed E-state index contributed by atoms with van der Waals surface area (Å²) < 4.78 is 0. The normalized spacial score (nSPS) is 11.1. The number of hydrogen-bond acceptors (Lipinski definition) is 3. The van der Waals surface area contributed by atoms with Crippen LogP contribution in [0.4, 0.5) is 0 Å². The van der Waals surface area contributed by atoms with Gasteiger partial charge in [-0.3, -0.25) is 4.79 Å². The third-order valence-electron chi connectivity index (χ3n) is 2.05. The average molecular weight is 241 g/mol. The van der Waals surface area contributed by atoms with Crippen molar-refractivity contribution in [3.05, 3.63) is 29.8 Å². The van der Waals surface area contributed by atoms with Gasteiger partial charge in [0.1, 0.15) is 11.8 Å². The van der Waals surface area contributed by atoms with Crippen LogP contribution in [0.1, 0.15) is 12.5 Å². The van der Waals surface area contributed by atoms with Crippen molar-refractivity contribution in [1.29, 1.82) is 0 Å². The first kappa shape index (κ1) is 14.9. The molecule has 1 amide bonds. The van der Waals surface area contributed by atoms with Crippen molar-refractivity contribution in [2.45, 2.75) is 19.4 Å². The van der Waals surface area contributed by atoms with Gasteiger partial charge in [-0.15, -0.1) is 0 Å². The lowest BCUT2D eigenvalue weighted by Crippen LogP contribution is -2.41. The van der Waals surface area contributed by atoms with E-state index in [4.69, 9.17) is 10.2 Å². The lowest BCUT2D eigenvalue weighted by atomic mass is 10.1. The van der Waals surface area contributed by atoms with Gasteiger partial charge < -0.3 is 21.0 Å². The van der Waals surface area contributed by atoms with E-state index in [0.29, 0.717) is 0 Å². The summed E-state index contributed by atoms with van der Waals surface area (Å²) in [5, 5.41) is 20.3. The molecule has 0 heterocycles. The molecule has 94 valence electrons. The van der Waals surface area contributed by atoms with Gasteiger partial charge in [-0.25, -0.2) is 4.79 Å². The molecule has 0 bridgehead atoms. The molecule has 0 unspecified atom stereocenters. The number of nitrogens with one attached hydrogen (secondary N) is 1. The molecule has 0 aliphatic rings. The standard InChI is InChI=1S/C11H13NO4.H2O/c1-7(13)12-10(11(15)16)6-8-2-4-9(14)5-3-8;/h2-5,10,14H,6H2,1H3,(H,12,13)(H,15,16);1H2/t10-;/m0./s1. The van der Waals surface area contributed by atoms with Gasteiger partial charge in [0.05, 0.1) is 0 Å². The molecular weight excluding hydrogens is 226 g/mol. The van der Waals surface area contributed by atoms with Crippen LogP contribution in [-0.2, 0) is 16.0 Å². The molecule has 0 aromatic heterocycles. The number of phenolic OH excluding ortho intramolecular Hbond substituents is 1. The molecule has 0 saturated heterocycles. The molecule has 0 fully saturated rings. The number of hydrogen-bond donors (Lipinski definition) is 3. The van der Waals surface area contributed by atoms with Crippen molar-refractivity contribution in [1.82, 2.24) is 5.32 Å². The smallest absolute Gasteiger partial charge is 0.326 e. The minimum atomic E-state index is -1.08. The van der Waals surface area contributed by atoms with Gasteiger partial charge in [-0.2, -0.15) is 0 Å². The number of aromatic hydroxyl groups is 1. The predicted molar refractivity (Wildman–Crippen MR) is 60.7 cm³/mol. The van der Waals surface area contributed by atoms with E-state index in [9.17, 15) is 9.59 Å². The van der Waals surface area contributed by atoms with Gasteiger partial charge in [-0.1, -0.05) is 12.1 Å². The second-order valence-electron chi connectivity index (χ2n) is 3.46. The lowest BCUT2D eigenvalue weighted by Gasteiger charge is -2.13. The van der Waals surface area contributed by atoms with Crippen LogP contribution < -0.4 is 5.32 Å². The third kappa shape index (κ3) is 4.98. The van der Waals surface area contributed by atoms with Crippen LogP contribution in [0.2, 0.25) is 0 Å². The monoisotopic (exact) mass is 241 g/mol. The maximum atomic E-state index is 10.8. The summed E-state index contributed by atoms with van der Waals surface area (Å²) in [6, 6.07) is 5.24. The minimum Gasteiger partial charge on any atom is -0.508 e. The van der Waals surface area contributed by atoms with E-state index in [1.807, 2.05) is 0 Å². The Bertz CT molecular complexity index is 387. The summed E-state index contributed by atoms with van der Waals surface area (Å²) in [4.78, 5) is 21.6. The third-order valence-corrected chi connectivity index (χ3v) is 2.05. The van der Waals surface area contributed by atoms with Crippen molar-refractivity contribution in [3.8, 4) is 5.75 Å². The summed E-state index contributed by atoms with van der Waals surface area (Å²) in [6.45, 7) is 1.27. The molecule has 17 heavy (non-hydrogen) atoms. The Morgan fingerprint density at radius 2 is 1.82 bits per heavy atom. The number of carboxylic acids is 1. The summed E-state index contributed by atoms with van der Waals surface area (Å²) in [7, 11) is 0. The Kier molecular flexibility index (Phi) is 5.70. The number of phenols is 1.